The molecule has 2 rings (SSSR count). The van der Waals surface area contributed by atoms with Gasteiger partial charge in [-0.1, -0.05) is 12.2 Å². The zero-order valence-corrected chi connectivity index (χ0v) is 16.0. The second kappa shape index (κ2) is 10.6. The van der Waals surface area contributed by atoms with Crippen LogP contribution in [0.3, 0.4) is 0 Å². The van der Waals surface area contributed by atoms with Gasteiger partial charge in [0.15, 0.2) is 11.9 Å². The highest BCUT2D eigenvalue weighted by Gasteiger charge is 2.27. The van der Waals surface area contributed by atoms with Crippen molar-refractivity contribution in [2.24, 2.45) is 5.73 Å². The summed E-state index contributed by atoms with van der Waals surface area (Å²) in [4.78, 5) is 34.5. The monoisotopic (exact) mass is 388 g/mol. The molecule has 0 spiro atoms. The van der Waals surface area contributed by atoms with E-state index in [9.17, 15) is 14.4 Å². The first-order chi connectivity index (χ1) is 13.4. The van der Waals surface area contributed by atoms with Gasteiger partial charge in [-0.15, -0.1) is 6.58 Å². The van der Waals surface area contributed by atoms with Crippen molar-refractivity contribution in [2.75, 3.05) is 6.61 Å². The van der Waals surface area contributed by atoms with E-state index in [1.54, 1.807) is 12.2 Å². The fourth-order valence-corrected chi connectivity index (χ4v) is 3.30. The van der Waals surface area contributed by atoms with Gasteiger partial charge in [-0.3, -0.25) is 9.59 Å². The summed E-state index contributed by atoms with van der Waals surface area (Å²) in [7, 11) is 0. The molecule has 0 bridgehead atoms. The van der Waals surface area contributed by atoms with Crippen LogP contribution < -0.4 is 11.1 Å². The van der Waals surface area contributed by atoms with E-state index in [1.807, 2.05) is 6.08 Å². The van der Waals surface area contributed by atoms with E-state index in [4.69, 9.17) is 15.6 Å². The Morgan fingerprint density at radius 3 is 2.86 bits per heavy atom. The summed E-state index contributed by atoms with van der Waals surface area (Å²) in [5.41, 5.74) is 7.89. The number of carbonyl (C=O) groups is 3. The molecule has 0 saturated heterocycles. The second-order valence-electron chi connectivity index (χ2n) is 6.89. The van der Waals surface area contributed by atoms with Gasteiger partial charge in [-0.05, 0) is 51.0 Å². The molecule has 0 radical (unpaired) electrons. The zero-order valence-electron chi connectivity index (χ0n) is 16.0. The van der Waals surface area contributed by atoms with Gasteiger partial charge in [0, 0.05) is 23.1 Å². The number of hydrogen-bond acceptors (Lipinski definition) is 5. The highest BCUT2D eigenvalue weighted by molar-refractivity contribution is 6.09. The van der Waals surface area contributed by atoms with Crippen molar-refractivity contribution < 1.29 is 24.2 Å². The van der Waals surface area contributed by atoms with Gasteiger partial charge in [-0.2, -0.15) is 0 Å². The van der Waals surface area contributed by atoms with E-state index >= 15 is 0 Å². The summed E-state index contributed by atoms with van der Waals surface area (Å²) >= 11 is 0. The fourth-order valence-electron chi connectivity index (χ4n) is 3.30. The third-order valence-electron chi connectivity index (χ3n) is 4.68. The Balaban J connectivity index is 1.81. The lowest BCUT2D eigenvalue weighted by molar-refractivity contribution is -0.141. The molecule has 152 valence electrons. The number of nitrogens with two attached hydrogens (primary N) is 1. The molecule has 1 atom stereocenters. The molecule has 0 fully saturated rings. The van der Waals surface area contributed by atoms with E-state index in [0.29, 0.717) is 19.4 Å². The molecule has 1 amide bonds. The number of allylic oxidation sites excluding steroid dienone is 6. The average Bonchev–Trinajstić information content (AvgIpc) is 2.66. The van der Waals surface area contributed by atoms with Crippen molar-refractivity contribution in [2.45, 2.75) is 57.5 Å². The molecule has 2 aliphatic rings. The number of ketones is 1. The van der Waals surface area contributed by atoms with Crippen molar-refractivity contribution in [3.05, 3.63) is 47.3 Å². The molecule has 0 aromatic heterocycles. The largest absolute Gasteiger partial charge is 0.493 e. The maximum absolute atomic E-state index is 12.3. The van der Waals surface area contributed by atoms with Crippen LogP contribution in [0.5, 0.6) is 0 Å². The molecular formula is C21H28N2O5. The van der Waals surface area contributed by atoms with Crippen LogP contribution in [0.4, 0.5) is 0 Å². The van der Waals surface area contributed by atoms with Gasteiger partial charge in [0.25, 0.3) is 0 Å². The van der Waals surface area contributed by atoms with Crippen molar-refractivity contribution in [3.63, 3.8) is 0 Å². The summed E-state index contributed by atoms with van der Waals surface area (Å²) in [6, 6.07) is 0. The molecule has 7 nitrogen and oxygen atoms in total. The molecule has 0 aromatic carbocycles. The van der Waals surface area contributed by atoms with Crippen LogP contribution in [0.1, 0.15) is 51.4 Å². The predicted octanol–water partition coefficient (Wildman–Crippen LogP) is 2.50. The first kappa shape index (κ1) is 21.6. The number of carbonyl (C=O) groups excluding carboxylic acids is 2. The summed E-state index contributed by atoms with van der Waals surface area (Å²) in [6.07, 6.45) is 9.73. The number of hydrogen-bond donors (Lipinski definition) is 3. The Hall–Kier alpha value is -2.67. The first-order valence-corrected chi connectivity index (χ1v) is 9.64. The van der Waals surface area contributed by atoms with E-state index in [-0.39, 0.29) is 18.1 Å². The smallest absolute Gasteiger partial charge is 0.341 e. The van der Waals surface area contributed by atoms with Crippen molar-refractivity contribution in [1.29, 1.82) is 0 Å². The molecule has 0 aromatic rings. The molecule has 7 heteroatoms. The first-order valence-electron chi connectivity index (χ1n) is 9.64. The number of carboxylic acid groups (broad SMARTS) is 1. The number of amides is 1. The lowest BCUT2D eigenvalue weighted by Gasteiger charge is -2.25. The zero-order chi connectivity index (χ0) is 20.5. The van der Waals surface area contributed by atoms with Crippen LogP contribution in [-0.4, -0.2) is 35.5 Å². The topological polar surface area (TPSA) is 119 Å². The third kappa shape index (κ3) is 5.92. The molecule has 4 N–H and O–H groups in total. The van der Waals surface area contributed by atoms with Crippen molar-refractivity contribution >= 4 is 17.7 Å². The van der Waals surface area contributed by atoms with Crippen LogP contribution in [0, 0.1) is 0 Å². The lowest BCUT2D eigenvalue weighted by Crippen LogP contribution is -2.47. The Morgan fingerprint density at radius 2 is 2.14 bits per heavy atom. The minimum absolute atomic E-state index is 0.0458. The van der Waals surface area contributed by atoms with Crippen molar-refractivity contribution in [3.8, 4) is 0 Å². The summed E-state index contributed by atoms with van der Waals surface area (Å²) in [6.45, 7) is 4.25. The number of ether oxygens (including phenoxy) is 1. The number of nitrogens with one attached hydrogen (secondary N) is 1. The van der Waals surface area contributed by atoms with Gasteiger partial charge in [0.05, 0.1) is 6.61 Å². The molecule has 0 heterocycles. The SMILES string of the molecule is C=CCC1=CC(=O)C2=CCCCC2=C1OCCCCCC(=O)NC(N)C(=O)O. The van der Waals surface area contributed by atoms with Gasteiger partial charge in [0.2, 0.25) is 5.91 Å². The van der Waals surface area contributed by atoms with Crippen LogP contribution in [0.15, 0.2) is 47.3 Å². The minimum Gasteiger partial charge on any atom is -0.493 e. The van der Waals surface area contributed by atoms with Crippen LogP contribution in [0.25, 0.3) is 0 Å². The predicted molar refractivity (Wildman–Crippen MR) is 105 cm³/mol. The standard InChI is InChI=1S/C21H28N2O5/c1-2-8-14-13-17(24)15-9-5-6-10-16(15)19(14)28-12-7-3-4-11-18(25)23-20(22)21(26)27/h2,9,13,20H,1,3-8,10-12,22H2,(H,23,25)(H,26,27). The number of carboxylic acids is 1. The average molecular weight is 388 g/mol. The maximum atomic E-state index is 12.3. The van der Waals surface area contributed by atoms with E-state index in [1.165, 1.54) is 0 Å². The molecule has 1 unspecified atom stereocenters. The summed E-state index contributed by atoms with van der Waals surface area (Å²) in [5.74, 6) is -0.790. The van der Waals surface area contributed by atoms with Crippen molar-refractivity contribution in [1.82, 2.24) is 5.32 Å². The summed E-state index contributed by atoms with van der Waals surface area (Å²) < 4.78 is 6.04. The Bertz CT molecular complexity index is 733. The molecule has 0 aliphatic heterocycles. The van der Waals surface area contributed by atoms with Crippen LogP contribution in [0.2, 0.25) is 0 Å². The highest BCUT2D eigenvalue weighted by atomic mass is 16.5. The van der Waals surface area contributed by atoms with Gasteiger partial charge >= 0.3 is 5.97 Å². The Morgan fingerprint density at radius 1 is 1.36 bits per heavy atom. The second-order valence-corrected chi connectivity index (χ2v) is 6.89. The number of aliphatic carboxylic acids is 1. The van der Waals surface area contributed by atoms with Gasteiger partial charge in [-0.25, -0.2) is 4.79 Å². The molecule has 0 saturated carbocycles. The minimum atomic E-state index is -1.37. The molecule has 28 heavy (non-hydrogen) atoms. The molecular weight excluding hydrogens is 360 g/mol. The van der Waals surface area contributed by atoms with Crippen LogP contribution >= 0.6 is 0 Å². The van der Waals surface area contributed by atoms with Gasteiger partial charge < -0.3 is 20.9 Å². The Labute approximate surface area is 165 Å². The van der Waals surface area contributed by atoms with E-state index in [2.05, 4.69) is 11.9 Å². The number of unbranched alkanes of at least 4 members (excludes halogenated alkanes) is 2. The quantitative estimate of drug-likeness (QED) is 0.284. The molecule has 2 aliphatic carbocycles. The maximum Gasteiger partial charge on any atom is 0.341 e. The highest BCUT2D eigenvalue weighted by Crippen LogP contribution is 2.36. The number of fused-ring (bicyclic) bond motifs is 1. The number of rotatable bonds is 11. The lowest BCUT2D eigenvalue weighted by atomic mass is 9.83. The normalized spacial score (nSPS) is 17.2. The summed E-state index contributed by atoms with van der Waals surface area (Å²) in [5, 5.41) is 10.9. The van der Waals surface area contributed by atoms with Gasteiger partial charge in [0.1, 0.15) is 5.76 Å². The van der Waals surface area contributed by atoms with E-state index in [0.717, 1.165) is 54.6 Å². The fraction of sp³-hybridized carbons (Fsp3) is 0.476. The van der Waals surface area contributed by atoms with E-state index < -0.39 is 12.1 Å². The third-order valence-corrected chi connectivity index (χ3v) is 4.68. The van der Waals surface area contributed by atoms with Crippen LogP contribution in [-0.2, 0) is 19.1 Å². The Kier molecular flexibility index (Phi) is 8.19.